The molecule has 2 aromatic rings. The summed E-state index contributed by atoms with van der Waals surface area (Å²) in [6.07, 6.45) is 7.17. The van der Waals surface area contributed by atoms with Gasteiger partial charge < -0.3 is 10.6 Å². The molecular formula is C17H21Cl2N5S. The SMILES string of the molecule is CCC1(C)CCN(c2cnc(Sc3cc(N)nc(Cl)c3Cl)cn2)CC1. The number of nitrogens with two attached hydrogens (primary N) is 1. The molecule has 2 N–H and O–H groups in total. The van der Waals surface area contributed by atoms with E-state index in [1.54, 1.807) is 12.3 Å². The molecule has 3 heterocycles. The average Bonchev–Trinajstić information content (AvgIpc) is 2.61. The fourth-order valence-corrected chi connectivity index (χ4v) is 4.11. The molecule has 8 heteroatoms. The molecule has 0 radical (unpaired) electrons. The Morgan fingerprint density at radius 2 is 1.96 bits per heavy atom. The highest BCUT2D eigenvalue weighted by Crippen LogP contribution is 2.37. The molecular weight excluding hydrogens is 377 g/mol. The average molecular weight is 398 g/mol. The number of hydrogen-bond acceptors (Lipinski definition) is 6. The van der Waals surface area contributed by atoms with E-state index in [-0.39, 0.29) is 5.15 Å². The largest absolute Gasteiger partial charge is 0.384 e. The van der Waals surface area contributed by atoms with E-state index < -0.39 is 0 Å². The zero-order chi connectivity index (χ0) is 18.0. The summed E-state index contributed by atoms with van der Waals surface area (Å²) in [5.41, 5.74) is 6.18. The highest BCUT2D eigenvalue weighted by molar-refractivity contribution is 7.99. The van der Waals surface area contributed by atoms with Crippen molar-refractivity contribution in [3.63, 3.8) is 0 Å². The van der Waals surface area contributed by atoms with E-state index >= 15 is 0 Å². The van der Waals surface area contributed by atoms with Crippen molar-refractivity contribution < 1.29 is 0 Å². The number of anilines is 2. The lowest BCUT2D eigenvalue weighted by molar-refractivity contribution is 0.237. The van der Waals surface area contributed by atoms with E-state index in [9.17, 15) is 0 Å². The number of piperidine rings is 1. The van der Waals surface area contributed by atoms with Gasteiger partial charge >= 0.3 is 0 Å². The zero-order valence-electron chi connectivity index (χ0n) is 14.3. The van der Waals surface area contributed by atoms with Crippen LogP contribution in [0.1, 0.15) is 33.1 Å². The third-order valence-electron chi connectivity index (χ3n) is 4.88. The summed E-state index contributed by atoms with van der Waals surface area (Å²) in [6, 6.07) is 1.69. The van der Waals surface area contributed by atoms with Gasteiger partial charge in [0, 0.05) is 18.0 Å². The molecule has 0 unspecified atom stereocenters. The lowest BCUT2D eigenvalue weighted by Gasteiger charge is -2.39. The summed E-state index contributed by atoms with van der Waals surface area (Å²) in [4.78, 5) is 16.0. The third kappa shape index (κ3) is 4.30. The van der Waals surface area contributed by atoms with Crippen LogP contribution in [0.3, 0.4) is 0 Å². The standard InChI is InChI=1S/C17H21Cl2N5S/c1-3-17(2)4-6-24(7-5-17)13-9-22-14(10-21-13)25-11-8-12(20)23-16(19)15(11)18/h8-10H,3-7H2,1-2H3,(H2,20,23). The molecule has 3 rings (SSSR count). The molecule has 25 heavy (non-hydrogen) atoms. The Kier molecular flexibility index (Phi) is 5.61. The van der Waals surface area contributed by atoms with Crippen molar-refractivity contribution in [3.05, 3.63) is 28.6 Å². The Morgan fingerprint density at radius 1 is 1.24 bits per heavy atom. The van der Waals surface area contributed by atoms with Crippen LogP contribution in [0.5, 0.6) is 0 Å². The van der Waals surface area contributed by atoms with Gasteiger partial charge in [-0.05, 0) is 24.3 Å². The Morgan fingerprint density at radius 3 is 2.56 bits per heavy atom. The number of hydrogen-bond donors (Lipinski definition) is 1. The summed E-state index contributed by atoms with van der Waals surface area (Å²) in [5, 5.41) is 1.31. The molecule has 134 valence electrons. The van der Waals surface area contributed by atoms with Gasteiger partial charge in [-0.2, -0.15) is 0 Å². The smallest absolute Gasteiger partial charge is 0.151 e. The lowest BCUT2D eigenvalue weighted by Crippen LogP contribution is -2.38. The van der Waals surface area contributed by atoms with Crippen LogP contribution in [-0.2, 0) is 0 Å². The molecule has 1 aliphatic heterocycles. The summed E-state index contributed by atoms with van der Waals surface area (Å²) in [6.45, 7) is 6.68. The second kappa shape index (κ2) is 7.56. The van der Waals surface area contributed by atoms with Crippen LogP contribution in [0, 0.1) is 5.41 Å². The second-order valence-corrected chi connectivity index (χ2v) is 8.41. The lowest BCUT2D eigenvalue weighted by atomic mass is 9.78. The molecule has 0 bridgehead atoms. The quantitative estimate of drug-likeness (QED) is 0.737. The first-order valence-corrected chi connectivity index (χ1v) is 9.84. The molecule has 0 atom stereocenters. The van der Waals surface area contributed by atoms with Gasteiger partial charge in [0.1, 0.15) is 16.7 Å². The predicted octanol–water partition coefficient (Wildman–Crippen LogP) is 4.93. The van der Waals surface area contributed by atoms with Gasteiger partial charge in [0.25, 0.3) is 0 Å². The van der Waals surface area contributed by atoms with E-state index in [2.05, 4.69) is 33.7 Å². The molecule has 0 aromatic carbocycles. The number of aromatic nitrogens is 3. The van der Waals surface area contributed by atoms with Gasteiger partial charge in [0.2, 0.25) is 0 Å². The van der Waals surface area contributed by atoms with Crippen LogP contribution in [0.4, 0.5) is 11.6 Å². The van der Waals surface area contributed by atoms with Crippen molar-refractivity contribution in [2.45, 2.75) is 43.0 Å². The number of halogens is 2. The summed E-state index contributed by atoms with van der Waals surface area (Å²) in [7, 11) is 0. The topological polar surface area (TPSA) is 67.9 Å². The maximum atomic E-state index is 6.18. The van der Waals surface area contributed by atoms with Crippen LogP contribution >= 0.6 is 35.0 Å². The van der Waals surface area contributed by atoms with Gasteiger partial charge in [-0.15, -0.1) is 0 Å². The molecule has 1 saturated heterocycles. The summed E-state index contributed by atoms with van der Waals surface area (Å²) in [5.74, 6) is 1.25. The normalized spacial score (nSPS) is 16.9. The molecule has 0 spiro atoms. The van der Waals surface area contributed by atoms with Crippen molar-refractivity contribution in [2.24, 2.45) is 5.41 Å². The first-order chi connectivity index (χ1) is 11.9. The fraction of sp³-hybridized carbons (Fsp3) is 0.471. The van der Waals surface area contributed by atoms with E-state index in [1.165, 1.54) is 31.0 Å². The predicted molar refractivity (Wildman–Crippen MR) is 105 cm³/mol. The van der Waals surface area contributed by atoms with E-state index in [0.29, 0.717) is 16.3 Å². The van der Waals surface area contributed by atoms with Gasteiger partial charge in [-0.3, -0.25) is 0 Å². The van der Waals surface area contributed by atoms with E-state index in [0.717, 1.165) is 28.8 Å². The van der Waals surface area contributed by atoms with Gasteiger partial charge in [-0.1, -0.05) is 55.2 Å². The number of rotatable bonds is 4. The van der Waals surface area contributed by atoms with Crippen LogP contribution in [0.2, 0.25) is 10.2 Å². The Labute approximate surface area is 162 Å². The van der Waals surface area contributed by atoms with Gasteiger partial charge in [0.15, 0.2) is 5.15 Å². The Bertz CT molecular complexity index is 745. The molecule has 1 fully saturated rings. The minimum atomic E-state index is 0.195. The third-order valence-corrected chi connectivity index (χ3v) is 6.71. The number of nitrogens with zero attached hydrogens (tertiary/aromatic N) is 4. The number of pyridine rings is 1. The van der Waals surface area contributed by atoms with Crippen molar-refractivity contribution in [1.29, 1.82) is 0 Å². The van der Waals surface area contributed by atoms with Crippen LogP contribution < -0.4 is 10.6 Å². The minimum Gasteiger partial charge on any atom is -0.384 e. The highest BCUT2D eigenvalue weighted by atomic mass is 35.5. The van der Waals surface area contributed by atoms with Crippen LogP contribution in [0.15, 0.2) is 28.4 Å². The zero-order valence-corrected chi connectivity index (χ0v) is 16.6. The maximum absolute atomic E-state index is 6.18. The minimum absolute atomic E-state index is 0.195. The maximum Gasteiger partial charge on any atom is 0.151 e. The molecule has 2 aromatic heterocycles. The summed E-state index contributed by atoms with van der Waals surface area (Å²) < 4.78 is 0. The molecule has 5 nitrogen and oxygen atoms in total. The monoisotopic (exact) mass is 397 g/mol. The molecule has 0 amide bonds. The van der Waals surface area contributed by atoms with Crippen molar-refractivity contribution in [3.8, 4) is 0 Å². The molecule has 0 saturated carbocycles. The van der Waals surface area contributed by atoms with Gasteiger partial charge in [0.05, 0.1) is 17.4 Å². The first kappa shape index (κ1) is 18.5. The summed E-state index contributed by atoms with van der Waals surface area (Å²) >= 11 is 13.5. The van der Waals surface area contributed by atoms with E-state index in [1.807, 2.05) is 6.20 Å². The van der Waals surface area contributed by atoms with Crippen molar-refractivity contribution >= 4 is 46.6 Å². The first-order valence-electron chi connectivity index (χ1n) is 8.26. The highest BCUT2D eigenvalue weighted by Gasteiger charge is 2.28. The Balaban J connectivity index is 1.69. The fourth-order valence-electron chi connectivity index (χ4n) is 2.84. The van der Waals surface area contributed by atoms with E-state index in [4.69, 9.17) is 28.9 Å². The van der Waals surface area contributed by atoms with Crippen molar-refractivity contribution in [1.82, 2.24) is 15.0 Å². The Hall–Kier alpha value is -1.24. The van der Waals surface area contributed by atoms with Crippen LogP contribution in [0.25, 0.3) is 0 Å². The number of nitrogen functional groups attached to an aromatic ring is 1. The van der Waals surface area contributed by atoms with Crippen LogP contribution in [-0.4, -0.2) is 28.0 Å². The second-order valence-electron chi connectivity index (χ2n) is 6.62. The molecule has 1 aliphatic rings. The van der Waals surface area contributed by atoms with Gasteiger partial charge in [-0.25, -0.2) is 15.0 Å². The molecule has 0 aliphatic carbocycles. The van der Waals surface area contributed by atoms with Crippen molar-refractivity contribution in [2.75, 3.05) is 23.7 Å².